The molecule has 1 aliphatic carbocycles. The first-order valence-corrected chi connectivity index (χ1v) is 10.8. The van der Waals surface area contributed by atoms with Crippen molar-refractivity contribution in [1.29, 1.82) is 0 Å². The number of oxazole rings is 1. The van der Waals surface area contributed by atoms with E-state index in [1.165, 1.54) is 30.2 Å². The van der Waals surface area contributed by atoms with Crippen LogP contribution in [0.25, 0.3) is 0 Å². The van der Waals surface area contributed by atoms with Crippen LogP contribution >= 0.6 is 0 Å². The minimum Gasteiger partial charge on any atom is -0.447 e. The quantitative estimate of drug-likeness (QED) is 0.585. The molecule has 0 radical (unpaired) electrons. The average molecular weight is 419 g/mol. The number of nitrogens with zero attached hydrogens (tertiary/aromatic N) is 3. The first kappa shape index (κ1) is 21.2. The van der Waals surface area contributed by atoms with E-state index < -0.39 is 0 Å². The van der Waals surface area contributed by atoms with Crippen molar-refractivity contribution in [2.45, 2.75) is 64.7 Å². The first-order chi connectivity index (χ1) is 14.9. The molecule has 6 heteroatoms. The van der Waals surface area contributed by atoms with E-state index in [1.807, 2.05) is 12.1 Å². The minimum atomic E-state index is -0.241. The Hall–Kier alpha value is -2.99. The molecule has 1 fully saturated rings. The van der Waals surface area contributed by atoms with Crippen LogP contribution in [0.1, 0.15) is 66.7 Å². The van der Waals surface area contributed by atoms with Crippen LogP contribution in [0.4, 0.5) is 0 Å². The molecular weight excluding hydrogens is 388 g/mol. The molecular formula is C25H30N4O2. The van der Waals surface area contributed by atoms with Gasteiger partial charge in [-0.05, 0) is 41.0 Å². The van der Waals surface area contributed by atoms with E-state index in [9.17, 15) is 4.79 Å². The van der Waals surface area contributed by atoms with Gasteiger partial charge in [-0.25, -0.2) is 4.98 Å². The molecule has 1 aromatic carbocycles. The van der Waals surface area contributed by atoms with E-state index >= 15 is 0 Å². The largest absolute Gasteiger partial charge is 0.447 e. The van der Waals surface area contributed by atoms with Gasteiger partial charge >= 0.3 is 0 Å². The maximum atomic E-state index is 12.4. The van der Waals surface area contributed by atoms with Crippen LogP contribution in [0.2, 0.25) is 0 Å². The predicted molar refractivity (Wildman–Crippen MR) is 119 cm³/mol. The summed E-state index contributed by atoms with van der Waals surface area (Å²) in [6, 6.07) is 13.2. The van der Waals surface area contributed by atoms with Gasteiger partial charge in [-0.1, -0.05) is 51.1 Å². The number of hydrogen-bond donors (Lipinski definition) is 1. The van der Waals surface area contributed by atoms with E-state index in [0.717, 1.165) is 12.1 Å². The fourth-order valence-electron chi connectivity index (χ4n) is 3.54. The Kier molecular flexibility index (Phi) is 6.18. The van der Waals surface area contributed by atoms with Gasteiger partial charge in [0.25, 0.3) is 5.91 Å². The third kappa shape index (κ3) is 5.79. The standard InChI is InChI=1S/C25H30N4O2/c1-25(2,3)20-8-6-18(7-9-20)15-29(21-10-11-21)16-23-28-22(17-31-23)24(30)27-14-19-5-4-12-26-13-19/h4-9,12-13,17,21H,10-11,14-16H2,1-3H3,(H,27,30). The fraction of sp³-hybridized carbons (Fsp3) is 0.400. The Morgan fingerprint density at radius 2 is 1.90 bits per heavy atom. The van der Waals surface area contributed by atoms with Crippen LogP contribution in [0, 0.1) is 0 Å². The SMILES string of the molecule is CC(C)(C)c1ccc(CN(Cc2nc(C(=O)NCc3cccnc3)co2)C2CC2)cc1. The van der Waals surface area contributed by atoms with Gasteiger partial charge in [-0.3, -0.25) is 14.7 Å². The second-order valence-corrected chi connectivity index (χ2v) is 9.25. The van der Waals surface area contributed by atoms with Gasteiger partial charge in [0.2, 0.25) is 5.89 Å². The molecule has 0 unspecified atom stereocenters. The fourth-order valence-corrected chi connectivity index (χ4v) is 3.54. The zero-order valence-corrected chi connectivity index (χ0v) is 18.5. The van der Waals surface area contributed by atoms with Gasteiger partial charge < -0.3 is 9.73 Å². The smallest absolute Gasteiger partial charge is 0.273 e. The number of carbonyl (C=O) groups excluding carboxylic acids is 1. The molecule has 0 spiro atoms. The van der Waals surface area contributed by atoms with Crippen molar-refractivity contribution in [2.75, 3.05) is 0 Å². The second kappa shape index (κ2) is 9.02. The van der Waals surface area contributed by atoms with Crippen LogP contribution in [-0.4, -0.2) is 26.8 Å². The topological polar surface area (TPSA) is 71.3 Å². The van der Waals surface area contributed by atoms with Gasteiger partial charge in [0.1, 0.15) is 6.26 Å². The Morgan fingerprint density at radius 1 is 1.13 bits per heavy atom. The minimum absolute atomic E-state index is 0.154. The van der Waals surface area contributed by atoms with Crippen LogP contribution in [-0.2, 0) is 25.0 Å². The van der Waals surface area contributed by atoms with Gasteiger partial charge in [-0.15, -0.1) is 0 Å². The van der Waals surface area contributed by atoms with E-state index in [0.29, 0.717) is 30.7 Å². The van der Waals surface area contributed by atoms with E-state index in [4.69, 9.17) is 4.42 Å². The molecule has 1 saturated carbocycles. The molecule has 0 aliphatic heterocycles. The Bertz CT molecular complexity index is 1000. The predicted octanol–water partition coefficient (Wildman–Crippen LogP) is 4.46. The lowest BCUT2D eigenvalue weighted by atomic mass is 9.87. The van der Waals surface area contributed by atoms with Crippen molar-refractivity contribution >= 4 is 5.91 Å². The lowest BCUT2D eigenvalue weighted by Crippen LogP contribution is -2.26. The molecule has 3 aromatic rings. The monoisotopic (exact) mass is 418 g/mol. The van der Waals surface area contributed by atoms with Gasteiger partial charge in [0, 0.05) is 31.5 Å². The normalized spacial score (nSPS) is 14.1. The number of carbonyl (C=O) groups is 1. The number of nitrogens with one attached hydrogen (secondary N) is 1. The number of benzene rings is 1. The molecule has 2 aromatic heterocycles. The summed E-state index contributed by atoms with van der Waals surface area (Å²) >= 11 is 0. The first-order valence-electron chi connectivity index (χ1n) is 10.8. The average Bonchev–Trinajstić information content (AvgIpc) is 3.50. The zero-order valence-electron chi connectivity index (χ0n) is 18.5. The van der Waals surface area contributed by atoms with Crippen LogP contribution in [0.3, 0.4) is 0 Å². The lowest BCUT2D eigenvalue weighted by Gasteiger charge is -2.22. The van der Waals surface area contributed by atoms with Crippen molar-refractivity contribution in [1.82, 2.24) is 20.2 Å². The second-order valence-electron chi connectivity index (χ2n) is 9.25. The summed E-state index contributed by atoms with van der Waals surface area (Å²) in [7, 11) is 0. The molecule has 2 heterocycles. The summed E-state index contributed by atoms with van der Waals surface area (Å²) in [5, 5.41) is 2.86. The summed E-state index contributed by atoms with van der Waals surface area (Å²) in [6.45, 7) is 8.54. The third-order valence-corrected chi connectivity index (χ3v) is 5.57. The highest BCUT2D eigenvalue weighted by Crippen LogP contribution is 2.30. The Morgan fingerprint density at radius 3 is 2.55 bits per heavy atom. The summed E-state index contributed by atoms with van der Waals surface area (Å²) < 4.78 is 5.62. The molecule has 0 bridgehead atoms. The highest BCUT2D eigenvalue weighted by atomic mass is 16.3. The molecule has 1 aliphatic rings. The van der Waals surface area contributed by atoms with Crippen molar-refractivity contribution in [3.63, 3.8) is 0 Å². The lowest BCUT2D eigenvalue weighted by molar-refractivity contribution is 0.0945. The third-order valence-electron chi connectivity index (χ3n) is 5.57. The van der Waals surface area contributed by atoms with Crippen LogP contribution in [0.5, 0.6) is 0 Å². The highest BCUT2D eigenvalue weighted by molar-refractivity contribution is 5.91. The van der Waals surface area contributed by atoms with Crippen molar-refractivity contribution in [3.8, 4) is 0 Å². The molecule has 0 atom stereocenters. The number of rotatable bonds is 8. The highest BCUT2D eigenvalue weighted by Gasteiger charge is 2.30. The van der Waals surface area contributed by atoms with E-state index in [1.54, 1.807) is 12.4 Å². The summed E-state index contributed by atoms with van der Waals surface area (Å²) in [4.78, 5) is 23.3. The van der Waals surface area contributed by atoms with Crippen LogP contribution < -0.4 is 5.32 Å². The zero-order chi connectivity index (χ0) is 21.8. The maximum Gasteiger partial charge on any atom is 0.273 e. The molecule has 0 saturated heterocycles. The van der Waals surface area contributed by atoms with Crippen LogP contribution in [0.15, 0.2) is 59.5 Å². The number of aromatic nitrogens is 2. The molecule has 1 N–H and O–H groups in total. The molecule has 31 heavy (non-hydrogen) atoms. The van der Waals surface area contributed by atoms with E-state index in [-0.39, 0.29) is 11.3 Å². The molecule has 162 valence electrons. The molecule has 1 amide bonds. The van der Waals surface area contributed by atoms with Gasteiger partial charge in [0.05, 0.1) is 6.54 Å². The number of pyridine rings is 1. The maximum absolute atomic E-state index is 12.4. The summed E-state index contributed by atoms with van der Waals surface area (Å²) in [6.07, 6.45) is 7.27. The molecule has 6 nitrogen and oxygen atoms in total. The summed E-state index contributed by atoms with van der Waals surface area (Å²) in [5.74, 6) is 0.333. The van der Waals surface area contributed by atoms with E-state index in [2.05, 4.69) is 65.2 Å². The van der Waals surface area contributed by atoms with Crippen molar-refractivity contribution in [2.24, 2.45) is 0 Å². The number of amides is 1. The number of hydrogen-bond acceptors (Lipinski definition) is 5. The Balaban J connectivity index is 1.36. The Labute approximate surface area is 183 Å². The summed E-state index contributed by atoms with van der Waals surface area (Å²) in [5.41, 5.74) is 4.02. The van der Waals surface area contributed by atoms with Gasteiger partial charge in [0.15, 0.2) is 5.69 Å². The van der Waals surface area contributed by atoms with Crippen molar-refractivity contribution < 1.29 is 9.21 Å². The molecule has 4 rings (SSSR count). The van der Waals surface area contributed by atoms with Gasteiger partial charge in [-0.2, -0.15) is 0 Å². The van der Waals surface area contributed by atoms with Crippen molar-refractivity contribution in [3.05, 3.63) is 83.3 Å².